The van der Waals surface area contributed by atoms with E-state index in [-0.39, 0.29) is 5.91 Å². The molecular weight excluding hydrogens is 492 g/mol. The molecule has 0 unspecified atom stereocenters. The summed E-state index contributed by atoms with van der Waals surface area (Å²) in [5.74, 6) is -0.0822. The number of rotatable bonds is 9. The number of imidazole rings is 1. The maximum absolute atomic E-state index is 14.0. The molecule has 5 heteroatoms. The first-order valence-electron chi connectivity index (χ1n) is 14.1. The van der Waals surface area contributed by atoms with Crippen molar-refractivity contribution in [2.24, 2.45) is 0 Å². The minimum atomic E-state index is -0.0822. The fourth-order valence-corrected chi connectivity index (χ4v) is 5.54. The summed E-state index contributed by atoms with van der Waals surface area (Å²) in [6.07, 6.45) is 7.57. The van der Waals surface area contributed by atoms with E-state index < -0.39 is 0 Å². The summed E-state index contributed by atoms with van der Waals surface area (Å²) in [5, 5.41) is 0. The standard InChI is InChI=1S/C35H34N4O/c40-35(39(30-15-6-2-7-16-30)31-17-8-3-9-18-31)32-19-12-20-33-34(32)36-27-38(33)24-11-10-23-37-25-21-29(22-26-37)28-13-4-1-5-14-28/h1-9,12-21,27H,10-11,22-26H2. The molecule has 40 heavy (non-hydrogen) atoms. The van der Waals surface area contributed by atoms with Crippen molar-refractivity contribution in [1.29, 1.82) is 0 Å². The summed E-state index contributed by atoms with van der Waals surface area (Å²) in [5.41, 5.74) is 6.84. The predicted octanol–water partition coefficient (Wildman–Crippen LogP) is 7.58. The van der Waals surface area contributed by atoms with Crippen LogP contribution in [0.15, 0.2) is 122 Å². The zero-order chi connectivity index (χ0) is 27.1. The molecule has 0 saturated heterocycles. The van der Waals surface area contributed by atoms with Gasteiger partial charge in [0.25, 0.3) is 5.91 Å². The van der Waals surface area contributed by atoms with Gasteiger partial charge in [-0.2, -0.15) is 0 Å². The lowest BCUT2D eigenvalue weighted by Crippen LogP contribution is -2.29. The first kappa shape index (κ1) is 25.8. The van der Waals surface area contributed by atoms with Crippen LogP contribution < -0.4 is 4.90 Å². The van der Waals surface area contributed by atoms with Gasteiger partial charge in [0, 0.05) is 31.0 Å². The summed E-state index contributed by atoms with van der Waals surface area (Å²) in [6.45, 7) is 4.11. The SMILES string of the molecule is O=C(c1cccc2c1ncn2CCCCN1CC=C(c2ccccc2)CC1)N(c1ccccc1)c1ccccc1. The third-order valence-corrected chi connectivity index (χ3v) is 7.67. The van der Waals surface area contributed by atoms with Crippen LogP contribution in [0.3, 0.4) is 0 Å². The van der Waals surface area contributed by atoms with Gasteiger partial charge >= 0.3 is 0 Å². The number of hydrogen-bond acceptors (Lipinski definition) is 3. The van der Waals surface area contributed by atoms with Gasteiger partial charge in [-0.15, -0.1) is 0 Å². The van der Waals surface area contributed by atoms with E-state index >= 15 is 0 Å². The topological polar surface area (TPSA) is 41.4 Å². The number of carbonyl (C=O) groups excluding carboxylic acids is 1. The highest BCUT2D eigenvalue weighted by molar-refractivity contribution is 6.16. The maximum Gasteiger partial charge on any atom is 0.265 e. The van der Waals surface area contributed by atoms with Crippen LogP contribution in [0, 0.1) is 0 Å². The molecule has 1 aromatic heterocycles. The Labute approximate surface area is 236 Å². The van der Waals surface area contributed by atoms with Crippen molar-refractivity contribution in [1.82, 2.24) is 14.5 Å². The summed E-state index contributed by atoms with van der Waals surface area (Å²) in [6, 6.07) is 36.2. The van der Waals surface area contributed by atoms with Crippen LogP contribution in [-0.2, 0) is 6.54 Å². The van der Waals surface area contributed by atoms with Crippen molar-refractivity contribution in [3.63, 3.8) is 0 Å². The van der Waals surface area contributed by atoms with E-state index in [1.54, 1.807) is 4.90 Å². The molecule has 1 aliphatic rings. The van der Waals surface area contributed by atoms with E-state index in [2.05, 4.69) is 51.9 Å². The Bertz CT molecular complexity index is 1550. The van der Waals surface area contributed by atoms with Gasteiger partial charge < -0.3 is 4.57 Å². The van der Waals surface area contributed by atoms with E-state index in [1.165, 1.54) is 11.1 Å². The average molecular weight is 527 g/mol. The van der Waals surface area contributed by atoms with Crippen LogP contribution in [0.25, 0.3) is 16.6 Å². The largest absolute Gasteiger partial charge is 0.331 e. The molecule has 2 heterocycles. The second-order valence-electron chi connectivity index (χ2n) is 10.3. The van der Waals surface area contributed by atoms with Gasteiger partial charge in [-0.3, -0.25) is 14.6 Å². The summed E-state index contributed by atoms with van der Waals surface area (Å²) in [4.78, 5) is 23.0. The molecule has 0 radical (unpaired) electrons. The number of fused-ring (bicyclic) bond motifs is 1. The second kappa shape index (κ2) is 12.1. The molecule has 0 fully saturated rings. The van der Waals surface area contributed by atoms with Crippen molar-refractivity contribution in [2.45, 2.75) is 25.8 Å². The highest BCUT2D eigenvalue weighted by Gasteiger charge is 2.23. The summed E-state index contributed by atoms with van der Waals surface area (Å²) < 4.78 is 2.19. The van der Waals surface area contributed by atoms with Crippen molar-refractivity contribution >= 4 is 33.9 Å². The number of benzene rings is 4. The molecule has 200 valence electrons. The first-order valence-corrected chi connectivity index (χ1v) is 14.1. The Balaban J connectivity index is 1.12. The normalized spacial score (nSPS) is 13.8. The minimum absolute atomic E-state index is 0.0822. The van der Waals surface area contributed by atoms with E-state index in [0.29, 0.717) is 5.56 Å². The molecular formula is C35H34N4O. The van der Waals surface area contributed by atoms with Crippen LogP contribution in [0.1, 0.15) is 35.2 Å². The molecule has 5 nitrogen and oxygen atoms in total. The third kappa shape index (κ3) is 5.61. The summed E-state index contributed by atoms with van der Waals surface area (Å²) >= 11 is 0. The van der Waals surface area contributed by atoms with Crippen LogP contribution in [-0.4, -0.2) is 40.0 Å². The molecule has 0 bridgehead atoms. The van der Waals surface area contributed by atoms with Gasteiger partial charge in [0.2, 0.25) is 0 Å². The zero-order valence-corrected chi connectivity index (χ0v) is 22.7. The first-order chi connectivity index (χ1) is 19.8. The number of para-hydroxylation sites is 3. The number of carbonyl (C=O) groups is 1. The smallest absolute Gasteiger partial charge is 0.265 e. The molecule has 4 aromatic carbocycles. The molecule has 0 atom stereocenters. The number of aryl methyl sites for hydroxylation is 1. The van der Waals surface area contributed by atoms with E-state index in [4.69, 9.17) is 4.98 Å². The van der Waals surface area contributed by atoms with E-state index in [0.717, 1.165) is 67.8 Å². The molecule has 0 saturated carbocycles. The number of aromatic nitrogens is 2. The Morgan fingerprint density at radius 1 is 0.750 bits per heavy atom. The Kier molecular flexibility index (Phi) is 7.83. The van der Waals surface area contributed by atoms with Gasteiger partial charge in [-0.1, -0.05) is 78.9 Å². The number of hydrogen-bond donors (Lipinski definition) is 0. The van der Waals surface area contributed by atoms with Gasteiger partial charge in [0.15, 0.2) is 0 Å². The number of unbranched alkanes of at least 4 members (excludes halogenated alkanes) is 1. The van der Waals surface area contributed by atoms with Crippen LogP contribution in [0.4, 0.5) is 11.4 Å². The minimum Gasteiger partial charge on any atom is -0.331 e. The molecule has 1 aliphatic heterocycles. The molecule has 0 spiro atoms. The Hall–Kier alpha value is -4.48. The summed E-state index contributed by atoms with van der Waals surface area (Å²) in [7, 11) is 0. The highest BCUT2D eigenvalue weighted by Crippen LogP contribution is 2.29. The van der Waals surface area contributed by atoms with Crippen LogP contribution in [0.2, 0.25) is 0 Å². The van der Waals surface area contributed by atoms with E-state index in [1.807, 2.05) is 79.1 Å². The van der Waals surface area contributed by atoms with Gasteiger partial charge in [-0.25, -0.2) is 4.98 Å². The molecule has 0 aliphatic carbocycles. The maximum atomic E-state index is 14.0. The van der Waals surface area contributed by atoms with Gasteiger partial charge in [0.05, 0.1) is 17.4 Å². The Morgan fingerprint density at radius 3 is 2.05 bits per heavy atom. The lowest BCUT2D eigenvalue weighted by atomic mass is 9.99. The zero-order valence-electron chi connectivity index (χ0n) is 22.7. The monoisotopic (exact) mass is 526 g/mol. The fourth-order valence-electron chi connectivity index (χ4n) is 5.54. The van der Waals surface area contributed by atoms with Gasteiger partial charge in [-0.05, 0) is 73.3 Å². The molecule has 6 rings (SSSR count). The number of anilines is 2. The quantitative estimate of drug-likeness (QED) is 0.186. The lowest BCUT2D eigenvalue weighted by molar-refractivity contribution is 0.100. The van der Waals surface area contributed by atoms with Crippen molar-refractivity contribution < 1.29 is 4.79 Å². The molecule has 0 N–H and O–H groups in total. The van der Waals surface area contributed by atoms with Crippen molar-refractivity contribution in [3.05, 3.63) is 133 Å². The second-order valence-corrected chi connectivity index (χ2v) is 10.3. The van der Waals surface area contributed by atoms with Crippen LogP contribution >= 0.6 is 0 Å². The number of nitrogens with zero attached hydrogens (tertiary/aromatic N) is 4. The predicted molar refractivity (Wildman–Crippen MR) is 164 cm³/mol. The average Bonchev–Trinajstić information content (AvgIpc) is 3.44. The van der Waals surface area contributed by atoms with Gasteiger partial charge in [0.1, 0.15) is 5.52 Å². The Morgan fingerprint density at radius 2 is 1.40 bits per heavy atom. The molecule has 1 amide bonds. The fraction of sp³-hybridized carbons (Fsp3) is 0.200. The van der Waals surface area contributed by atoms with E-state index in [9.17, 15) is 4.79 Å². The number of amides is 1. The van der Waals surface area contributed by atoms with Crippen LogP contribution in [0.5, 0.6) is 0 Å². The molecule has 5 aromatic rings. The third-order valence-electron chi connectivity index (χ3n) is 7.67. The van der Waals surface area contributed by atoms with Crippen molar-refractivity contribution in [3.8, 4) is 0 Å². The highest BCUT2D eigenvalue weighted by atomic mass is 16.2. The van der Waals surface area contributed by atoms with Crippen molar-refractivity contribution in [2.75, 3.05) is 24.5 Å². The lowest BCUT2D eigenvalue weighted by Gasteiger charge is -2.26.